The first kappa shape index (κ1) is 22.3. The minimum Gasteiger partial charge on any atom is -0.323 e. The monoisotopic (exact) mass is 487 g/mol. The van der Waals surface area contributed by atoms with E-state index in [9.17, 15) is 18.0 Å². The van der Waals surface area contributed by atoms with Crippen LogP contribution in [0.25, 0.3) is 10.2 Å². The number of hydrogen-bond acceptors (Lipinski definition) is 4. The molecule has 0 unspecified atom stereocenters. The standard InChI is InChI=1S/C21H18Cl2F3N3OS/c22-13-4-5-17-16(10-13)27-20(31-17)12-6-8-29(9-7-12)11-18(30)28-19-14(21(24,25)26)2-1-3-15(19)23/h1-5,10,12H,6-9,11H2,(H,28,30). The summed E-state index contributed by atoms with van der Waals surface area (Å²) in [5.74, 6) is -0.234. The van der Waals surface area contributed by atoms with Crippen molar-refractivity contribution < 1.29 is 18.0 Å². The highest BCUT2D eigenvalue weighted by Gasteiger charge is 2.35. The van der Waals surface area contributed by atoms with Crippen molar-refractivity contribution in [3.63, 3.8) is 0 Å². The molecule has 2 heterocycles. The summed E-state index contributed by atoms with van der Waals surface area (Å²) in [6.07, 6.45) is -2.96. The number of fused-ring (bicyclic) bond motifs is 1. The first-order valence-electron chi connectivity index (χ1n) is 9.64. The van der Waals surface area contributed by atoms with Crippen LogP contribution in [0.4, 0.5) is 18.9 Å². The zero-order valence-electron chi connectivity index (χ0n) is 16.2. The van der Waals surface area contributed by atoms with Gasteiger partial charge in [-0.15, -0.1) is 11.3 Å². The van der Waals surface area contributed by atoms with Gasteiger partial charge in [0.05, 0.1) is 38.0 Å². The van der Waals surface area contributed by atoms with Crippen molar-refractivity contribution in [2.75, 3.05) is 25.0 Å². The Morgan fingerprint density at radius 3 is 2.65 bits per heavy atom. The zero-order valence-corrected chi connectivity index (χ0v) is 18.5. The SMILES string of the molecule is O=C(CN1CCC(c2nc3cc(Cl)ccc3s2)CC1)Nc1c(Cl)cccc1C(F)(F)F. The first-order chi connectivity index (χ1) is 14.7. The Balaban J connectivity index is 1.36. The van der Waals surface area contributed by atoms with Gasteiger partial charge in [0, 0.05) is 10.9 Å². The molecule has 1 amide bonds. The molecule has 4 rings (SSSR count). The summed E-state index contributed by atoms with van der Waals surface area (Å²) in [6, 6.07) is 9.08. The van der Waals surface area contributed by atoms with E-state index in [2.05, 4.69) is 5.32 Å². The molecular formula is C21H18Cl2F3N3OS. The summed E-state index contributed by atoms with van der Waals surface area (Å²) in [5, 5.41) is 3.90. The Labute approximate surface area is 191 Å². The fourth-order valence-corrected chi connectivity index (χ4v) is 5.21. The zero-order chi connectivity index (χ0) is 22.2. The molecule has 0 bridgehead atoms. The number of para-hydroxylation sites is 1. The molecule has 0 aliphatic carbocycles. The number of carbonyl (C=O) groups excluding carboxylic acids is 1. The average Bonchev–Trinajstić information content (AvgIpc) is 3.12. The summed E-state index contributed by atoms with van der Waals surface area (Å²) in [4.78, 5) is 19.0. The Hall–Kier alpha value is -1.87. The van der Waals surface area contributed by atoms with Gasteiger partial charge in [0.15, 0.2) is 0 Å². The molecule has 2 aromatic carbocycles. The second-order valence-electron chi connectivity index (χ2n) is 7.42. The smallest absolute Gasteiger partial charge is 0.323 e. The lowest BCUT2D eigenvalue weighted by molar-refractivity contribution is -0.137. The van der Waals surface area contributed by atoms with Crippen molar-refractivity contribution in [2.45, 2.75) is 24.9 Å². The van der Waals surface area contributed by atoms with Gasteiger partial charge in [-0.1, -0.05) is 29.3 Å². The molecule has 4 nitrogen and oxygen atoms in total. The van der Waals surface area contributed by atoms with Gasteiger partial charge in [0.2, 0.25) is 5.91 Å². The maximum atomic E-state index is 13.2. The number of benzene rings is 2. The molecule has 1 aliphatic heterocycles. The molecule has 1 saturated heterocycles. The highest BCUT2D eigenvalue weighted by molar-refractivity contribution is 7.18. The van der Waals surface area contributed by atoms with Crippen LogP contribution in [0.15, 0.2) is 36.4 Å². The third kappa shape index (κ3) is 5.14. The lowest BCUT2D eigenvalue weighted by Crippen LogP contribution is -2.39. The van der Waals surface area contributed by atoms with Gasteiger partial charge in [0.25, 0.3) is 0 Å². The van der Waals surface area contributed by atoms with Crippen LogP contribution in [0.1, 0.15) is 29.3 Å². The Morgan fingerprint density at radius 2 is 1.94 bits per heavy atom. The number of piperidine rings is 1. The fourth-order valence-electron chi connectivity index (χ4n) is 3.70. The van der Waals surface area contributed by atoms with E-state index in [-0.39, 0.29) is 17.5 Å². The number of hydrogen-bond donors (Lipinski definition) is 1. The normalized spacial score (nSPS) is 16.0. The lowest BCUT2D eigenvalue weighted by Gasteiger charge is -2.30. The molecule has 31 heavy (non-hydrogen) atoms. The number of halogens is 5. The van der Waals surface area contributed by atoms with Crippen LogP contribution < -0.4 is 5.32 Å². The van der Waals surface area contributed by atoms with Crippen molar-refractivity contribution in [3.8, 4) is 0 Å². The average molecular weight is 488 g/mol. The summed E-state index contributed by atoms with van der Waals surface area (Å²) in [7, 11) is 0. The predicted octanol–water partition coefficient (Wildman–Crippen LogP) is 6.44. The van der Waals surface area contributed by atoms with Crippen molar-refractivity contribution in [3.05, 3.63) is 57.0 Å². The van der Waals surface area contributed by atoms with Crippen LogP contribution in [0.2, 0.25) is 10.0 Å². The largest absolute Gasteiger partial charge is 0.418 e. The summed E-state index contributed by atoms with van der Waals surface area (Å²) in [6.45, 7) is 1.32. The van der Waals surface area contributed by atoms with Crippen molar-refractivity contribution in [1.82, 2.24) is 9.88 Å². The molecule has 1 aliphatic rings. The Bertz CT molecular complexity index is 1110. The highest BCUT2D eigenvalue weighted by Crippen LogP contribution is 2.39. The molecule has 3 aromatic rings. The number of amides is 1. The van der Waals surface area contributed by atoms with Crippen LogP contribution in [0.3, 0.4) is 0 Å². The molecule has 0 radical (unpaired) electrons. The summed E-state index contributed by atoms with van der Waals surface area (Å²) in [5.41, 5.74) is -0.470. The van der Waals surface area contributed by atoms with Gasteiger partial charge in [-0.2, -0.15) is 13.2 Å². The third-order valence-electron chi connectivity index (χ3n) is 5.25. The molecule has 10 heteroatoms. The van der Waals surface area contributed by atoms with Gasteiger partial charge in [-0.25, -0.2) is 4.98 Å². The summed E-state index contributed by atoms with van der Waals surface area (Å²) < 4.78 is 40.7. The topological polar surface area (TPSA) is 45.2 Å². The van der Waals surface area contributed by atoms with E-state index >= 15 is 0 Å². The van der Waals surface area contributed by atoms with E-state index < -0.39 is 23.3 Å². The lowest BCUT2D eigenvalue weighted by atomic mass is 9.97. The Morgan fingerprint density at radius 1 is 1.19 bits per heavy atom. The molecule has 0 spiro atoms. The molecule has 0 atom stereocenters. The number of alkyl halides is 3. The number of carbonyl (C=O) groups is 1. The van der Waals surface area contributed by atoms with Crippen LogP contribution in [-0.2, 0) is 11.0 Å². The number of nitrogens with one attached hydrogen (secondary N) is 1. The number of anilines is 1. The van der Waals surface area contributed by atoms with E-state index in [4.69, 9.17) is 28.2 Å². The second-order valence-corrected chi connectivity index (χ2v) is 9.33. The van der Waals surface area contributed by atoms with E-state index in [1.54, 1.807) is 11.3 Å². The van der Waals surface area contributed by atoms with Crippen LogP contribution >= 0.6 is 34.5 Å². The van der Waals surface area contributed by atoms with Crippen LogP contribution in [0, 0.1) is 0 Å². The molecule has 1 fully saturated rings. The van der Waals surface area contributed by atoms with Gasteiger partial charge in [-0.05, 0) is 56.3 Å². The van der Waals surface area contributed by atoms with E-state index in [0.717, 1.165) is 34.1 Å². The van der Waals surface area contributed by atoms with Crippen molar-refractivity contribution >= 4 is 56.3 Å². The van der Waals surface area contributed by atoms with Crippen molar-refractivity contribution in [2.24, 2.45) is 0 Å². The molecular weight excluding hydrogens is 470 g/mol. The molecule has 0 saturated carbocycles. The molecule has 1 aromatic heterocycles. The van der Waals surface area contributed by atoms with Crippen LogP contribution in [-0.4, -0.2) is 35.4 Å². The maximum Gasteiger partial charge on any atom is 0.418 e. The van der Waals surface area contributed by atoms with Gasteiger partial charge >= 0.3 is 6.18 Å². The quantitative estimate of drug-likeness (QED) is 0.460. The minimum absolute atomic E-state index is 0.00466. The first-order valence-corrected chi connectivity index (χ1v) is 11.2. The minimum atomic E-state index is -4.60. The fraction of sp³-hybridized carbons (Fsp3) is 0.333. The Kier molecular flexibility index (Phi) is 6.44. The van der Waals surface area contributed by atoms with Gasteiger partial charge < -0.3 is 5.32 Å². The molecule has 1 N–H and O–H groups in total. The van der Waals surface area contributed by atoms with E-state index in [1.165, 1.54) is 12.1 Å². The van der Waals surface area contributed by atoms with E-state index in [1.807, 2.05) is 23.1 Å². The molecule has 164 valence electrons. The van der Waals surface area contributed by atoms with E-state index in [0.29, 0.717) is 18.1 Å². The number of nitrogens with zero attached hydrogens (tertiary/aromatic N) is 2. The van der Waals surface area contributed by atoms with Crippen molar-refractivity contribution in [1.29, 1.82) is 0 Å². The number of thiazole rings is 1. The van der Waals surface area contributed by atoms with Crippen LogP contribution in [0.5, 0.6) is 0 Å². The van der Waals surface area contributed by atoms with Gasteiger partial charge in [-0.3, -0.25) is 9.69 Å². The number of rotatable bonds is 4. The maximum absolute atomic E-state index is 13.2. The summed E-state index contributed by atoms with van der Waals surface area (Å²) >= 11 is 13.6. The highest BCUT2D eigenvalue weighted by atomic mass is 35.5. The predicted molar refractivity (Wildman–Crippen MR) is 118 cm³/mol. The second kappa shape index (κ2) is 8.94. The third-order valence-corrected chi connectivity index (χ3v) is 7.00. The van der Waals surface area contributed by atoms with Gasteiger partial charge in [0.1, 0.15) is 0 Å². The number of aromatic nitrogens is 1. The number of likely N-dealkylation sites (tertiary alicyclic amines) is 1.